The van der Waals surface area contributed by atoms with E-state index in [1.165, 1.54) is 31.2 Å². The molecule has 1 aromatic rings. The summed E-state index contributed by atoms with van der Waals surface area (Å²) in [5.41, 5.74) is 2.88. The first-order chi connectivity index (χ1) is 16.0. The van der Waals surface area contributed by atoms with Crippen LogP contribution >= 0.6 is 0 Å². The summed E-state index contributed by atoms with van der Waals surface area (Å²) in [4.78, 5) is 38.3. The Labute approximate surface area is 194 Å². The zero-order valence-electron chi connectivity index (χ0n) is 19.2. The molecule has 0 aromatic heterocycles. The number of amides is 3. The molecule has 5 rings (SSSR count). The molecule has 0 spiro atoms. The summed E-state index contributed by atoms with van der Waals surface area (Å²) in [6.45, 7) is 0.424. The van der Waals surface area contributed by atoms with Crippen LogP contribution in [0.15, 0.2) is 18.2 Å². The van der Waals surface area contributed by atoms with Crippen molar-refractivity contribution in [1.29, 1.82) is 0 Å². The topological polar surface area (TPSA) is 78.5 Å². The van der Waals surface area contributed by atoms with Gasteiger partial charge in [-0.15, -0.1) is 0 Å². The fourth-order valence-electron chi connectivity index (χ4n) is 6.25. The molecule has 3 fully saturated rings. The summed E-state index contributed by atoms with van der Waals surface area (Å²) in [5, 5.41) is 6.23. The van der Waals surface area contributed by atoms with Crippen LogP contribution in [0, 0.1) is 5.92 Å². The van der Waals surface area contributed by atoms with E-state index in [9.17, 15) is 18.8 Å². The zero-order valence-corrected chi connectivity index (χ0v) is 19.2. The summed E-state index contributed by atoms with van der Waals surface area (Å²) in [6, 6.07) is 6.44. The molecule has 6 nitrogen and oxygen atoms in total. The predicted molar refractivity (Wildman–Crippen MR) is 122 cm³/mol. The van der Waals surface area contributed by atoms with Crippen molar-refractivity contribution in [2.24, 2.45) is 5.92 Å². The van der Waals surface area contributed by atoms with E-state index in [4.69, 9.17) is 0 Å². The van der Waals surface area contributed by atoms with Gasteiger partial charge in [-0.3, -0.25) is 19.7 Å². The second-order valence-electron chi connectivity index (χ2n) is 10.4. The van der Waals surface area contributed by atoms with Crippen LogP contribution in [0.5, 0.6) is 0 Å². The Balaban J connectivity index is 1.24. The minimum absolute atomic E-state index is 0.119. The lowest BCUT2D eigenvalue weighted by atomic mass is 9.79. The lowest BCUT2D eigenvalue weighted by Crippen LogP contribution is -2.52. The molecule has 2 aliphatic heterocycles. The van der Waals surface area contributed by atoms with Gasteiger partial charge in [-0.1, -0.05) is 25.0 Å². The molecule has 3 atom stereocenters. The number of nitrogens with zero attached hydrogens (tertiary/aromatic N) is 1. The molecule has 1 unspecified atom stereocenters. The van der Waals surface area contributed by atoms with Crippen molar-refractivity contribution >= 4 is 17.7 Å². The van der Waals surface area contributed by atoms with Gasteiger partial charge >= 0.3 is 0 Å². The quantitative estimate of drug-likeness (QED) is 0.667. The minimum Gasteiger partial charge on any atom is -0.322 e. The molecular weight excluding hydrogens is 421 g/mol. The van der Waals surface area contributed by atoms with E-state index in [-0.39, 0.29) is 24.1 Å². The van der Waals surface area contributed by atoms with Crippen molar-refractivity contribution < 1.29 is 18.8 Å². The highest BCUT2D eigenvalue weighted by molar-refractivity contribution is 6.05. The zero-order chi connectivity index (χ0) is 22.9. The van der Waals surface area contributed by atoms with Gasteiger partial charge in [0.25, 0.3) is 5.91 Å². The molecule has 2 aliphatic carbocycles. The van der Waals surface area contributed by atoms with Crippen LogP contribution in [0.3, 0.4) is 0 Å². The predicted octanol–water partition coefficient (Wildman–Crippen LogP) is 3.42. The maximum Gasteiger partial charge on any atom is 0.255 e. The third-order valence-corrected chi connectivity index (χ3v) is 8.10. The highest BCUT2D eigenvalue weighted by atomic mass is 19.1. The molecule has 3 amide bonds. The van der Waals surface area contributed by atoms with Crippen LogP contribution in [-0.2, 0) is 22.6 Å². The maximum absolute atomic E-state index is 13.5. The van der Waals surface area contributed by atoms with Crippen LogP contribution in [0.4, 0.5) is 4.39 Å². The minimum atomic E-state index is -0.626. The van der Waals surface area contributed by atoms with Gasteiger partial charge in [0, 0.05) is 30.6 Å². The fourth-order valence-corrected chi connectivity index (χ4v) is 6.25. The number of hydrogen-bond acceptors (Lipinski definition) is 4. The molecule has 1 aromatic carbocycles. The molecule has 7 heteroatoms. The molecule has 33 heavy (non-hydrogen) atoms. The van der Waals surface area contributed by atoms with Crippen molar-refractivity contribution in [1.82, 2.24) is 15.5 Å². The first-order valence-electron chi connectivity index (χ1n) is 12.6. The monoisotopic (exact) mass is 455 g/mol. The highest BCUT2D eigenvalue weighted by Crippen LogP contribution is 2.33. The van der Waals surface area contributed by atoms with Crippen molar-refractivity contribution in [2.45, 2.75) is 101 Å². The normalized spacial score (nSPS) is 32.6. The summed E-state index contributed by atoms with van der Waals surface area (Å²) < 4.78 is 13.5. The van der Waals surface area contributed by atoms with Crippen LogP contribution in [0.1, 0.15) is 85.7 Å². The van der Waals surface area contributed by atoms with Crippen LogP contribution in [-0.4, -0.2) is 46.9 Å². The Morgan fingerprint density at radius 1 is 1.00 bits per heavy atom. The summed E-state index contributed by atoms with van der Waals surface area (Å²) >= 11 is 0. The van der Waals surface area contributed by atoms with Gasteiger partial charge in [0.15, 0.2) is 0 Å². The Kier molecular flexibility index (Phi) is 6.50. The molecule has 178 valence electrons. The first kappa shape index (κ1) is 22.5. The van der Waals surface area contributed by atoms with Crippen LogP contribution in [0.25, 0.3) is 0 Å². The lowest BCUT2D eigenvalue weighted by molar-refractivity contribution is -0.136. The van der Waals surface area contributed by atoms with Gasteiger partial charge < -0.3 is 10.2 Å². The first-order valence-corrected chi connectivity index (χ1v) is 12.6. The lowest BCUT2D eigenvalue weighted by Gasteiger charge is -2.37. The third-order valence-electron chi connectivity index (χ3n) is 8.10. The summed E-state index contributed by atoms with van der Waals surface area (Å²) in [5.74, 6) is -0.211. The number of carbonyl (C=O) groups is 3. The molecule has 4 aliphatic rings. The van der Waals surface area contributed by atoms with Crippen molar-refractivity contribution in [2.75, 3.05) is 0 Å². The molecule has 0 radical (unpaired) electrons. The highest BCUT2D eigenvalue weighted by Gasteiger charge is 2.39. The molecule has 1 saturated heterocycles. The number of nitrogens with one attached hydrogen (secondary N) is 2. The number of carbonyl (C=O) groups excluding carboxylic acids is 3. The Morgan fingerprint density at radius 3 is 2.58 bits per heavy atom. The molecule has 2 heterocycles. The van der Waals surface area contributed by atoms with E-state index in [2.05, 4.69) is 22.8 Å². The number of rotatable bonds is 5. The number of alkyl halides is 1. The van der Waals surface area contributed by atoms with Gasteiger partial charge in [-0.25, -0.2) is 4.39 Å². The Bertz CT molecular complexity index is 927. The second-order valence-corrected chi connectivity index (χ2v) is 10.4. The van der Waals surface area contributed by atoms with E-state index in [1.807, 2.05) is 6.07 Å². The van der Waals surface area contributed by atoms with Gasteiger partial charge in [0.2, 0.25) is 11.8 Å². The standard InChI is InChI=1S/C26H34FN3O3/c27-19-6-8-20(9-7-19)28-22-4-2-1-3-17(22)13-16-5-10-21-18(14-16)15-30(26(21)33)23-11-12-24(31)29-25(23)32/h5,10,14,17,19-20,22-23,28H,1-4,6-9,11-13,15H2,(H,29,31,32)/t17-,19?,20?,22+,23?/m1/s1. The molecule has 0 bridgehead atoms. The summed E-state index contributed by atoms with van der Waals surface area (Å²) in [7, 11) is 0. The number of fused-ring (bicyclic) bond motifs is 1. The van der Waals surface area contributed by atoms with Gasteiger partial charge in [0.1, 0.15) is 12.2 Å². The largest absolute Gasteiger partial charge is 0.322 e. The number of halogens is 1. The van der Waals surface area contributed by atoms with Gasteiger partial charge in [-0.2, -0.15) is 0 Å². The van der Waals surface area contributed by atoms with E-state index in [0.717, 1.165) is 24.8 Å². The second kappa shape index (κ2) is 9.53. The van der Waals surface area contributed by atoms with Crippen LogP contribution in [0.2, 0.25) is 0 Å². The number of hydrogen-bond donors (Lipinski definition) is 2. The van der Waals surface area contributed by atoms with Crippen molar-refractivity contribution in [3.63, 3.8) is 0 Å². The smallest absolute Gasteiger partial charge is 0.255 e. The molecular formula is C26H34FN3O3. The number of piperidine rings is 1. The number of imide groups is 1. The van der Waals surface area contributed by atoms with Gasteiger partial charge in [0.05, 0.1) is 0 Å². The van der Waals surface area contributed by atoms with Gasteiger partial charge in [-0.05, 0) is 74.5 Å². The average Bonchev–Trinajstić information content (AvgIpc) is 3.12. The SMILES string of the molecule is O=C1CCC(N2Cc3cc(C[C@H]4CCCC[C@@H]4NC4CCC(F)CC4)ccc3C2=O)C(=O)N1. The molecule has 2 saturated carbocycles. The molecule has 2 N–H and O–H groups in total. The van der Waals surface area contributed by atoms with Crippen molar-refractivity contribution in [3.05, 3.63) is 34.9 Å². The Morgan fingerprint density at radius 2 is 1.79 bits per heavy atom. The van der Waals surface area contributed by atoms with E-state index >= 15 is 0 Å². The third kappa shape index (κ3) is 4.84. The van der Waals surface area contributed by atoms with Crippen molar-refractivity contribution in [3.8, 4) is 0 Å². The van der Waals surface area contributed by atoms with E-state index < -0.39 is 12.2 Å². The average molecular weight is 456 g/mol. The van der Waals surface area contributed by atoms with E-state index in [0.29, 0.717) is 49.4 Å². The Hall–Kier alpha value is -2.28. The van der Waals surface area contributed by atoms with Crippen LogP contribution < -0.4 is 10.6 Å². The summed E-state index contributed by atoms with van der Waals surface area (Å²) in [6.07, 6.45) is 9.07. The number of benzene rings is 1. The fraction of sp³-hybridized carbons (Fsp3) is 0.654. The maximum atomic E-state index is 13.5. The van der Waals surface area contributed by atoms with E-state index in [1.54, 1.807) is 4.90 Å².